The number of nitrogens with zero attached hydrogens (tertiary/aromatic N) is 1. The lowest BCUT2D eigenvalue weighted by atomic mass is 10.2. The molecule has 0 radical (unpaired) electrons. The Kier molecular flexibility index (Phi) is 2.23. The van der Waals surface area contributed by atoms with Gasteiger partial charge in [-0.05, 0) is 18.6 Å². The normalized spacial score (nSPS) is 10.1. The molecule has 0 atom stereocenters. The Hall–Kier alpha value is -1.58. The van der Waals surface area contributed by atoms with Crippen LogP contribution in [-0.2, 0) is 7.05 Å². The van der Waals surface area contributed by atoms with Crippen molar-refractivity contribution in [3.63, 3.8) is 0 Å². The van der Waals surface area contributed by atoms with Crippen molar-refractivity contribution in [2.75, 3.05) is 0 Å². The van der Waals surface area contributed by atoms with Crippen molar-refractivity contribution in [3.05, 3.63) is 23.0 Å². The van der Waals surface area contributed by atoms with Gasteiger partial charge in [0.15, 0.2) is 5.78 Å². The van der Waals surface area contributed by atoms with Crippen LogP contribution in [0.2, 0.25) is 0 Å². The van der Waals surface area contributed by atoms with E-state index in [1.165, 1.54) is 11.5 Å². The standard InChI is InChI=1S/C9H11NO3/c1-5-4-7(6(2)11)10(3)8(5)9(12)13/h4H,1-3H3,(H,12,13). The number of aryl methyl sites for hydroxylation is 1. The van der Waals surface area contributed by atoms with Gasteiger partial charge in [-0.3, -0.25) is 4.79 Å². The molecule has 70 valence electrons. The first-order valence-corrected chi connectivity index (χ1v) is 3.85. The van der Waals surface area contributed by atoms with Gasteiger partial charge >= 0.3 is 5.97 Å². The zero-order valence-corrected chi connectivity index (χ0v) is 7.79. The van der Waals surface area contributed by atoms with Gasteiger partial charge in [-0.25, -0.2) is 4.79 Å². The molecule has 0 unspecified atom stereocenters. The van der Waals surface area contributed by atoms with Crippen molar-refractivity contribution in [2.45, 2.75) is 13.8 Å². The van der Waals surface area contributed by atoms with Crippen molar-refractivity contribution in [1.82, 2.24) is 4.57 Å². The summed E-state index contributed by atoms with van der Waals surface area (Å²) in [6, 6.07) is 1.59. The van der Waals surface area contributed by atoms with E-state index in [1.807, 2.05) is 0 Å². The summed E-state index contributed by atoms with van der Waals surface area (Å²) < 4.78 is 1.40. The number of hydrogen-bond donors (Lipinski definition) is 1. The second-order valence-electron chi connectivity index (χ2n) is 2.98. The average molecular weight is 181 g/mol. The van der Waals surface area contributed by atoms with Gasteiger partial charge < -0.3 is 9.67 Å². The topological polar surface area (TPSA) is 59.3 Å². The number of carbonyl (C=O) groups is 2. The van der Waals surface area contributed by atoms with Crippen LogP contribution in [0.15, 0.2) is 6.07 Å². The van der Waals surface area contributed by atoms with Gasteiger partial charge in [0.25, 0.3) is 0 Å². The van der Waals surface area contributed by atoms with Crippen molar-refractivity contribution < 1.29 is 14.7 Å². The summed E-state index contributed by atoms with van der Waals surface area (Å²) in [7, 11) is 1.58. The molecule has 0 spiro atoms. The fourth-order valence-electron chi connectivity index (χ4n) is 1.41. The average Bonchev–Trinajstić information content (AvgIpc) is 2.26. The largest absolute Gasteiger partial charge is 0.477 e. The van der Waals surface area contributed by atoms with Crippen LogP contribution < -0.4 is 0 Å². The molecule has 0 saturated heterocycles. The number of ketones is 1. The molecule has 0 fully saturated rings. The highest BCUT2D eigenvalue weighted by molar-refractivity contribution is 5.96. The molecule has 0 aliphatic heterocycles. The summed E-state index contributed by atoms with van der Waals surface area (Å²) >= 11 is 0. The Labute approximate surface area is 75.8 Å². The van der Waals surface area contributed by atoms with Crippen molar-refractivity contribution in [1.29, 1.82) is 0 Å². The van der Waals surface area contributed by atoms with E-state index >= 15 is 0 Å². The second kappa shape index (κ2) is 3.05. The van der Waals surface area contributed by atoms with Crippen LogP contribution in [0.1, 0.15) is 33.5 Å². The molecule has 13 heavy (non-hydrogen) atoms. The molecule has 1 aromatic rings. The lowest BCUT2D eigenvalue weighted by Gasteiger charge is -2.01. The van der Waals surface area contributed by atoms with Gasteiger partial charge in [0.2, 0.25) is 0 Å². The summed E-state index contributed by atoms with van der Waals surface area (Å²) in [5.41, 5.74) is 1.21. The molecule has 1 N–H and O–H groups in total. The molecule has 4 heteroatoms. The van der Waals surface area contributed by atoms with E-state index in [-0.39, 0.29) is 11.5 Å². The molecule has 1 rings (SSSR count). The van der Waals surface area contributed by atoms with Gasteiger partial charge in [-0.15, -0.1) is 0 Å². The zero-order valence-electron chi connectivity index (χ0n) is 7.79. The van der Waals surface area contributed by atoms with Crippen LogP contribution in [0.4, 0.5) is 0 Å². The molecule has 1 heterocycles. The van der Waals surface area contributed by atoms with Gasteiger partial charge in [0.1, 0.15) is 5.69 Å². The van der Waals surface area contributed by atoms with Crippen LogP contribution in [-0.4, -0.2) is 21.4 Å². The number of carbonyl (C=O) groups excluding carboxylic acids is 1. The fourth-order valence-corrected chi connectivity index (χ4v) is 1.41. The highest BCUT2D eigenvalue weighted by atomic mass is 16.4. The van der Waals surface area contributed by atoms with E-state index in [0.717, 1.165) is 0 Å². The third-order valence-corrected chi connectivity index (χ3v) is 1.99. The van der Waals surface area contributed by atoms with Crippen molar-refractivity contribution in [3.8, 4) is 0 Å². The zero-order chi connectivity index (χ0) is 10.2. The first-order chi connectivity index (χ1) is 5.95. The summed E-state index contributed by atoms with van der Waals surface area (Å²) in [6.45, 7) is 3.09. The number of carboxylic acids is 1. The molecule has 0 saturated carbocycles. The Bertz CT molecular complexity index is 376. The lowest BCUT2D eigenvalue weighted by molar-refractivity contribution is 0.0685. The van der Waals surface area contributed by atoms with Crippen LogP contribution in [0.5, 0.6) is 0 Å². The minimum atomic E-state index is -1.01. The number of hydrogen-bond acceptors (Lipinski definition) is 2. The maximum Gasteiger partial charge on any atom is 0.352 e. The summed E-state index contributed by atoms with van der Waals surface area (Å²) in [6.07, 6.45) is 0. The molecule has 1 aromatic heterocycles. The van der Waals surface area contributed by atoms with E-state index < -0.39 is 5.97 Å². The van der Waals surface area contributed by atoms with Gasteiger partial charge in [0.05, 0.1) is 5.69 Å². The first-order valence-electron chi connectivity index (χ1n) is 3.85. The molecule has 0 bridgehead atoms. The molecular formula is C9H11NO3. The first kappa shape index (κ1) is 9.51. The predicted octanol–water partition coefficient (Wildman–Crippen LogP) is 1.23. The highest BCUT2D eigenvalue weighted by Gasteiger charge is 2.17. The maximum absolute atomic E-state index is 11.0. The number of aromatic nitrogens is 1. The minimum Gasteiger partial charge on any atom is -0.477 e. The Morgan fingerprint density at radius 3 is 2.23 bits per heavy atom. The minimum absolute atomic E-state index is 0.127. The number of Topliss-reactive ketones (excluding diaryl/α,β-unsaturated/α-hetero) is 1. The summed E-state index contributed by atoms with van der Waals surface area (Å²) in [4.78, 5) is 21.8. The van der Waals surface area contributed by atoms with Crippen LogP contribution in [0.3, 0.4) is 0 Å². The van der Waals surface area contributed by atoms with Crippen LogP contribution in [0, 0.1) is 6.92 Å². The third kappa shape index (κ3) is 1.47. The number of carboxylic acid groups (broad SMARTS) is 1. The smallest absolute Gasteiger partial charge is 0.352 e. The number of aromatic carboxylic acids is 1. The summed E-state index contributed by atoms with van der Waals surface area (Å²) in [5, 5.41) is 8.81. The molecule has 0 aromatic carbocycles. The SMILES string of the molecule is CC(=O)c1cc(C)c(C(=O)O)n1C. The van der Waals surface area contributed by atoms with Crippen LogP contribution >= 0.6 is 0 Å². The molecule has 4 nitrogen and oxygen atoms in total. The van der Waals surface area contributed by atoms with Gasteiger partial charge in [-0.1, -0.05) is 0 Å². The molecule has 0 aliphatic carbocycles. The van der Waals surface area contributed by atoms with E-state index in [1.54, 1.807) is 20.0 Å². The second-order valence-corrected chi connectivity index (χ2v) is 2.98. The van der Waals surface area contributed by atoms with Crippen molar-refractivity contribution in [2.24, 2.45) is 7.05 Å². The Balaban J connectivity index is 3.39. The van der Waals surface area contributed by atoms with Gasteiger partial charge in [0, 0.05) is 14.0 Å². The quantitative estimate of drug-likeness (QED) is 0.698. The number of rotatable bonds is 2. The molecule has 0 aliphatic rings. The lowest BCUT2D eigenvalue weighted by Crippen LogP contribution is -2.09. The van der Waals surface area contributed by atoms with E-state index in [0.29, 0.717) is 11.3 Å². The maximum atomic E-state index is 11.0. The Morgan fingerprint density at radius 2 is 2.00 bits per heavy atom. The van der Waals surface area contributed by atoms with Gasteiger partial charge in [-0.2, -0.15) is 0 Å². The predicted molar refractivity (Wildman–Crippen MR) is 47.1 cm³/mol. The van der Waals surface area contributed by atoms with Crippen molar-refractivity contribution >= 4 is 11.8 Å². The highest BCUT2D eigenvalue weighted by Crippen LogP contribution is 2.14. The molecule has 0 amide bonds. The summed E-state index contributed by atoms with van der Waals surface area (Å²) in [5.74, 6) is -1.13. The monoisotopic (exact) mass is 181 g/mol. The fraction of sp³-hybridized carbons (Fsp3) is 0.333. The van der Waals surface area contributed by atoms with Crippen LogP contribution in [0.25, 0.3) is 0 Å². The Morgan fingerprint density at radius 1 is 1.46 bits per heavy atom. The van der Waals surface area contributed by atoms with E-state index in [9.17, 15) is 9.59 Å². The van der Waals surface area contributed by atoms with E-state index in [2.05, 4.69) is 0 Å². The van der Waals surface area contributed by atoms with E-state index in [4.69, 9.17) is 5.11 Å². The molecular weight excluding hydrogens is 170 g/mol. The third-order valence-electron chi connectivity index (χ3n) is 1.99.